The minimum absolute atomic E-state index is 0.200. The van der Waals surface area contributed by atoms with E-state index in [1.165, 1.54) is 25.7 Å². The number of aromatic amines is 2. The largest absolute Gasteiger partial charge is 0.463 e. The molecule has 266 valence electrons. The summed E-state index contributed by atoms with van der Waals surface area (Å²) in [5, 5.41) is 0. The predicted octanol–water partition coefficient (Wildman–Crippen LogP) is 3.00. The Morgan fingerprint density at radius 2 is 1.12 bits per heavy atom. The summed E-state index contributed by atoms with van der Waals surface area (Å²) in [6.07, 6.45) is 12.2. The maximum absolute atomic E-state index is 12.3. The molecule has 4 aromatic rings. The second kappa shape index (κ2) is 15.2. The van der Waals surface area contributed by atoms with Gasteiger partial charge in [-0.15, -0.1) is 0 Å². The highest BCUT2D eigenvalue weighted by Gasteiger charge is 2.23. The zero-order chi connectivity index (χ0) is 33.7. The number of nitrogens with zero attached hydrogens (tertiary/aromatic N) is 6. The molecule has 6 heterocycles. The lowest BCUT2D eigenvalue weighted by Gasteiger charge is -2.09. The average Bonchev–Trinajstić information content (AvgIpc) is 3.87. The van der Waals surface area contributed by atoms with Crippen molar-refractivity contribution in [3.05, 3.63) is 21.0 Å². The first-order chi connectivity index (χ1) is 23.9. The van der Waals surface area contributed by atoms with Crippen molar-refractivity contribution in [1.82, 2.24) is 39.0 Å². The number of fused-ring (bicyclic) bond motifs is 2. The van der Waals surface area contributed by atoms with E-state index in [1.807, 2.05) is 0 Å². The van der Waals surface area contributed by atoms with Gasteiger partial charge in [0.15, 0.2) is 22.9 Å². The van der Waals surface area contributed by atoms with Gasteiger partial charge >= 0.3 is 23.4 Å². The van der Waals surface area contributed by atoms with Gasteiger partial charge < -0.3 is 40.4 Å². The molecule has 16 nitrogen and oxygen atoms in total. The van der Waals surface area contributed by atoms with Crippen LogP contribution in [-0.4, -0.2) is 78.7 Å². The molecular formula is C33H48N10O6. The Labute approximate surface area is 283 Å². The summed E-state index contributed by atoms with van der Waals surface area (Å²) in [6.45, 7) is 5.62. The summed E-state index contributed by atoms with van der Waals surface area (Å²) < 4.78 is 25.3. The molecule has 8 rings (SSSR count). The number of aryl methyl sites for hydroxylation is 2. The minimum Gasteiger partial charge on any atom is -0.463 e. The lowest BCUT2D eigenvalue weighted by molar-refractivity contribution is 0.183. The van der Waals surface area contributed by atoms with Gasteiger partial charge in [-0.2, -0.15) is 19.9 Å². The number of rotatable bonds is 15. The molecule has 4 fully saturated rings. The third kappa shape index (κ3) is 8.52. The van der Waals surface area contributed by atoms with Gasteiger partial charge in [0.2, 0.25) is 0 Å². The molecular weight excluding hydrogens is 632 g/mol. The number of anilines is 2. The number of nitrogens with one attached hydrogen (secondary N) is 2. The summed E-state index contributed by atoms with van der Waals surface area (Å²) in [5.74, 6) is 3.17. The monoisotopic (exact) mass is 680 g/mol. The topological polar surface area (TPSA) is 216 Å². The minimum atomic E-state index is -0.208. The Hall–Kier alpha value is -4.18. The van der Waals surface area contributed by atoms with Gasteiger partial charge in [-0.25, -0.2) is 9.59 Å². The fourth-order valence-corrected chi connectivity index (χ4v) is 6.52. The number of aromatic nitrogens is 8. The Kier molecular flexibility index (Phi) is 10.3. The first-order valence-electron chi connectivity index (χ1n) is 17.8. The molecule has 4 aliphatic rings. The number of ether oxygens (including phenoxy) is 4. The first kappa shape index (κ1) is 33.3. The maximum atomic E-state index is 12.3. The number of imidazole rings is 2. The van der Waals surface area contributed by atoms with Crippen LogP contribution in [-0.2, 0) is 22.6 Å². The Bertz CT molecular complexity index is 1830. The SMILES string of the molecule is Nc1nc(OCCC2CC2)nc2c1[nH]c(=O)n2CCCC1CCOC1.Nc1nc(OCCC2CC2)nc2c1[nH]c(=O)n2CC[C@@H]1CCOC1. The number of nitrogens with two attached hydrogens (primary N) is 2. The number of H-pyrrole nitrogens is 2. The molecule has 2 aliphatic heterocycles. The molecule has 2 saturated carbocycles. The van der Waals surface area contributed by atoms with Crippen molar-refractivity contribution in [1.29, 1.82) is 0 Å². The zero-order valence-corrected chi connectivity index (χ0v) is 28.0. The van der Waals surface area contributed by atoms with Crippen LogP contribution in [0.25, 0.3) is 22.3 Å². The molecule has 49 heavy (non-hydrogen) atoms. The molecule has 2 atom stereocenters. The highest BCUT2D eigenvalue weighted by atomic mass is 16.5. The number of hydrogen-bond acceptors (Lipinski definition) is 12. The lowest BCUT2D eigenvalue weighted by Crippen LogP contribution is -2.19. The van der Waals surface area contributed by atoms with E-state index in [4.69, 9.17) is 30.4 Å². The van der Waals surface area contributed by atoms with Gasteiger partial charge in [-0.3, -0.25) is 9.13 Å². The zero-order valence-electron chi connectivity index (χ0n) is 28.0. The van der Waals surface area contributed by atoms with Crippen LogP contribution in [0.4, 0.5) is 11.6 Å². The number of hydrogen-bond donors (Lipinski definition) is 4. The highest BCUT2D eigenvalue weighted by Crippen LogP contribution is 2.33. The third-order valence-electron chi connectivity index (χ3n) is 9.97. The predicted molar refractivity (Wildman–Crippen MR) is 182 cm³/mol. The fourth-order valence-electron chi connectivity index (χ4n) is 6.52. The van der Waals surface area contributed by atoms with Crippen molar-refractivity contribution in [3.8, 4) is 12.0 Å². The van der Waals surface area contributed by atoms with Gasteiger partial charge in [-0.1, -0.05) is 25.7 Å². The van der Waals surface area contributed by atoms with E-state index in [2.05, 4.69) is 29.9 Å². The van der Waals surface area contributed by atoms with Crippen molar-refractivity contribution in [3.63, 3.8) is 0 Å². The highest BCUT2D eigenvalue weighted by molar-refractivity contribution is 5.82. The van der Waals surface area contributed by atoms with Gasteiger partial charge in [0, 0.05) is 39.5 Å². The molecule has 0 amide bonds. The molecule has 0 spiro atoms. The molecule has 16 heteroatoms. The van der Waals surface area contributed by atoms with E-state index in [9.17, 15) is 9.59 Å². The molecule has 1 unspecified atom stereocenters. The van der Waals surface area contributed by atoms with Crippen LogP contribution < -0.4 is 32.3 Å². The van der Waals surface area contributed by atoms with E-state index in [0.717, 1.165) is 83.2 Å². The molecule has 2 saturated heterocycles. The van der Waals surface area contributed by atoms with E-state index in [0.29, 0.717) is 60.5 Å². The normalized spacial score (nSPS) is 20.6. The van der Waals surface area contributed by atoms with Crippen molar-refractivity contribution in [2.75, 3.05) is 51.1 Å². The summed E-state index contributed by atoms with van der Waals surface area (Å²) in [5.41, 5.74) is 13.6. The van der Waals surface area contributed by atoms with Crippen LogP contribution in [0, 0.1) is 23.7 Å². The number of nitrogen functional groups attached to an aromatic ring is 2. The lowest BCUT2D eigenvalue weighted by atomic mass is 10.0. The fraction of sp³-hybridized carbons (Fsp3) is 0.697. The summed E-state index contributed by atoms with van der Waals surface area (Å²) >= 11 is 0. The Morgan fingerprint density at radius 3 is 1.59 bits per heavy atom. The Balaban J connectivity index is 0.000000154. The van der Waals surface area contributed by atoms with Crippen LogP contribution in [0.5, 0.6) is 12.0 Å². The van der Waals surface area contributed by atoms with Crippen LogP contribution in [0.1, 0.15) is 70.6 Å². The van der Waals surface area contributed by atoms with Crippen molar-refractivity contribution < 1.29 is 18.9 Å². The quantitative estimate of drug-likeness (QED) is 0.143. The molecule has 0 radical (unpaired) electrons. The van der Waals surface area contributed by atoms with Crippen molar-refractivity contribution in [2.24, 2.45) is 23.7 Å². The van der Waals surface area contributed by atoms with Gasteiger partial charge in [0.05, 0.1) is 13.2 Å². The summed E-state index contributed by atoms with van der Waals surface area (Å²) in [6, 6.07) is 0.500. The van der Waals surface area contributed by atoms with Crippen molar-refractivity contribution in [2.45, 2.75) is 83.7 Å². The third-order valence-corrected chi connectivity index (χ3v) is 9.97. The van der Waals surface area contributed by atoms with E-state index >= 15 is 0 Å². The molecule has 6 N–H and O–H groups in total. The summed E-state index contributed by atoms with van der Waals surface area (Å²) in [7, 11) is 0. The maximum Gasteiger partial charge on any atom is 0.327 e. The standard InChI is InChI=1S/C17H25N5O3.C16H23N5O3/c18-14-13-15(21-16(20-14)25-9-6-11-3-4-11)22(17(23)19-13)7-1-2-12-5-8-24-10-12;17-13-12-14(20-15(19-13)24-8-5-10-1-2-10)21(16(22)18-12)6-3-11-4-7-23-9-11/h11-12H,1-10H2,(H,19,23)(H2,18,20,21);10-11H,1-9H2,(H,18,22)(H2,17,19,20)/t;11-/m.1/s1. The van der Waals surface area contributed by atoms with Crippen LogP contribution in [0.3, 0.4) is 0 Å². The Morgan fingerprint density at radius 1 is 0.633 bits per heavy atom. The molecule has 0 aromatic carbocycles. The average molecular weight is 681 g/mol. The van der Waals surface area contributed by atoms with Crippen molar-refractivity contribution >= 4 is 34.0 Å². The van der Waals surface area contributed by atoms with E-state index in [-0.39, 0.29) is 35.0 Å². The summed E-state index contributed by atoms with van der Waals surface area (Å²) in [4.78, 5) is 47.1. The van der Waals surface area contributed by atoms with Crippen LogP contribution in [0.2, 0.25) is 0 Å². The van der Waals surface area contributed by atoms with E-state index < -0.39 is 0 Å². The van der Waals surface area contributed by atoms with Gasteiger partial charge in [0.1, 0.15) is 11.0 Å². The molecule has 0 bridgehead atoms. The molecule has 2 aliphatic carbocycles. The van der Waals surface area contributed by atoms with Crippen LogP contribution >= 0.6 is 0 Å². The van der Waals surface area contributed by atoms with Gasteiger partial charge in [-0.05, 0) is 68.6 Å². The van der Waals surface area contributed by atoms with Gasteiger partial charge in [0.25, 0.3) is 0 Å². The first-order valence-corrected chi connectivity index (χ1v) is 17.8. The second-order valence-corrected chi connectivity index (χ2v) is 13.9. The smallest absolute Gasteiger partial charge is 0.327 e. The molecule has 4 aromatic heterocycles. The van der Waals surface area contributed by atoms with E-state index in [1.54, 1.807) is 9.13 Å². The van der Waals surface area contributed by atoms with Crippen LogP contribution in [0.15, 0.2) is 9.59 Å². The second-order valence-electron chi connectivity index (χ2n) is 13.9.